The molecule has 0 aliphatic carbocycles. The van der Waals surface area contributed by atoms with Crippen LogP contribution in [0.4, 0.5) is 0 Å². The van der Waals surface area contributed by atoms with Crippen molar-refractivity contribution in [2.45, 2.75) is 276 Å². The van der Waals surface area contributed by atoms with Crippen LogP contribution in [0, 0.1) is 83.1 Å². The molecular weight excluding hydrogens is 1490 g/mol. The van der Waals surface area contributed by atoms with Crippen LogP contribution in [0.2, 0.25) is 0 Å². The fraction of sp³-hybridized carbons (Fsp3) is 0.500. The van der Waals surface area contributed by atoms with Crippen LogP contribution in [0.5, 0.6) is 0 Å². The third kappa shape index (κ3) is 48.4. The quantitative estimate of drug-likeness (QED) is 0.00987. The highest BCUT2D eigenvalue weighted by Gasteiger charge is 2.40. The van der Waals surface area contributed by atoms with Gasteiger partial charge in [0.25, 0.3) is 6.47 Å². The Balaban J connectivity index is 0. The number of aliphatic hydroxyl groups is 1. The summed E-state index contributed by atoms with van der Waals surface area (Å²) < 4.78 is 40.8. The number of aliphatic hydroxyl groups excluding tert-OH is 1. The molecule has 0 bridgehead atoms. The first-order valence-electron chi connectivity index (χ1n) is 43.1. The van der Waals surface area contributed by atoms with Crippen LogP contribution in [-0.2, 0) is 53.9 Å². The topological polar surface area (TPSA) is 119 Å². The molecule has 2 unspecified atom stereocenters. The second-order valence-corrected chi connectivity index (χ2v) is 29.1. The molecule has 6 aromatic rings. The van der Waals surface area contributed by atoms with Crippen LogP contribution in [-0.4, -0.2) is 87.9 Å². The molecule has 0 heterocycles. The van der Waals surface area contributed by atoms with Crippen LogP contribution < -0.4 is 0 Å². The Kier molecular flexibility index (Phi) is 63.7. The molecule has 6 rings (SSSR count). The maximum Gasteiger partial charge on any atom is 0.305 e. The highest BCUT2D eigenvalue weighted by Crippen LogP contribution is 2.42. The van der Waals surface area contributed by atoms with Gasteiger partial charge in [-0.15, -0.1) is 0 Å². The number of rotatable bonds is 57. The van der Waals surface area contributed by atoms with E-state index in [1.807, 2.05) is 116 Å². The lowest BCUT2D eigenvalue weighted by Gasteiger charge is -2.36. The molecule has 11 heteroatoms. The van der Waals surface area contributed by atoms with Crippen LogP contribution in [0.1, 0.15) is 292 Å². The zero-order chi connectivity index (χ0) is 82.4. The molecule has 0 fully saturated rings. The number of hydrogen-bond donors (Lipinski definition) is 1. The van der Waals surface area contributed by atoms with Gasteiger partial charge in [-0.2, -0.15) is 0 Å². The Morgan fingerprint density at radius 3 is 0.974 bits per heavy atom. The summed E-state index contributed by atoms with van der Waals surface area (Å²) in [5, 5.41) is 11.9. The van der Waals surface area contributed by atoms with Crippen molar-refractivity contribution >= 4 is 28.4 Å². The van der Waals surface area contributed by atoms with Gasteiger partial charge in [0.2, 0.25) is 0 Å². The molecule has 6 aromatic carbocycles. The standard InChI is InChI=1S/C53H56O3.C39H56O3.C9H17BrO2.C3H6O2.4H2/c1-3-5-7-9-11-13-15-17-19-20-22-24-26-37-45-54-47-52(55-46-38-27-25-23-21-18-16-14-12-10-8-6-4-2)48-56-53(49-39-31-28-32-40-49,50-41-33-29-34-42-50)51-43-35-30-36-44-51;1-2-3-4-5-6-7-8-9-10-11-12-13-14-15-25-32-41-33-38(40)34-42-39(35-26-19-16-20-27-35,36-28-21-17-22-29-36)37-30-23-18-24-31-37;1-2-12-9(11)7-5-3-4-6-8-10;1-2-5-3-4;;;;/h28-36,39-44,52H,3,5,7,9,11,13,15,17,19-20,22,24,26,37,45,47-48H2,1-2H3;16-24,26-31,38,40H,2-15,25,32-34H2,1H3;2-8H2,1H3;3H,2H2,1H3;4*1H. The fourth-order valence-corrected chi connectivity index (χ4v) is 13.5. The monoisotopic (exact) mass is 1630 g/mol. The van der Waals surface area contributed by atoms with Crippen molar-refractivity contribution in [1.29, 1.82) is 0 Å². The van der Waals surface area contributed by atoms with E-state index in [1.54, 1.807) is 13.8 Å². The molecular formula is C104H143BrO10. The number of hydrogen-bond acceptors (Lipinski definition) is 10. The van der Waals surface area contributed by atoms with E-state index < -0.39 is 23.4 Å². The summed E-state index contributed by atoms with van der Waals surface area (Å²) in [7, 11) is 0. The predicted octanol–water partition coefficient (Wildman–Crippen LogP) is 25.2. The second-order valence-electron chi connectivity index (χ2n) is 28.3. The van der Waals surface area contributed by atoms with Crippen molar-refractivity contribution < 1.29 is 53.6 Å². The number of carbonyl (C=O) groups excluding carboxylic acids is 2. The van der Waals surface area contributed by atoms with E-state index in [0.717, 1.165) is 70.8 Å². The van der Waals surface area contributed by atoms with Crippen LogP contribution in [0.25, 0.3) is 0 Å². The van der Waals surface area contributed by atoms with Crippen LogP contribution >= 0.6 is 15.9 Å². The van der Waals surface area contributed by atoms with Crippen molar-refractivity contribution in [3.63, 3.8) is 0 Å². The molecule has 115 heavy (non-hydrogen) atoms. The van der Waals surface area contributed by atoms with Crippen molar-refractivity contribution in [3.05, 3.63) is 215 Å². The Hall–Kier alpha value is -8.74. The summed E-state index contributed by atoms with van der Waals surface area (Å²) in [4.78, 5) is 20.0. The summed E-state index contributed by atoms with van der Waals surface area (Å²) in [5.41, 5.74) is 4.45. The zero-order valence-electron chi connectivity index (χ0n) is 70.5. The summed E-state index contributed by atoms with van der Waals surface area (Å²) in [6, 6.07) is 61.8. The van der Waals surface area contributed by atoms with Crippen LogP contribution in [0.15, 0.2) is 182 Å². The van der Waals surface area contributed by atoms with Crippen molar-refractivity contribution in [2.24, 2.45) is 0 Å². The minimum absolute atomic E-state index is 0. The Labute approximate surface area is 710 Å². The van der Waals surface area contributed by atoms with Gasteiger partial charge in [-0.3, -0.25) is 9.59 Å². The first kappa shape index (κ1) is 100. The molecule has 0 aliphatic rings. The highest BCUT2D eigenvalue weighted by atomic mass is 79.9. The summed E-state index contributed by atoms with van der Waals surface area (Å²) >= 11 is 3.36. The number of alkyl halides is 1. The van der Waals surface area contributed by atoms with Gasteiger partial charge in [0, 0.05) is 66.2 Å². The lowest BCUT2D eigenvalue weighted by atomic mass is 9.80. The maximum absolute atomic E-state index is 10.8. The third-order valence-corrected chi connectivity index (χ3v) is 19.7. The van der Waals surface area contributed by atoms with E-state index in [-0.39, 0.29) is 31.5 Å². The molecule has 1 N–H and O–H groups in total. The first-order chi connectivity index (χ1) is 56.8. The normalized spacial score (nSPS) is 10.8. The third-order valence-electron chi connectivity index (χ3n) is 19.1. The molecule has 0 spiro atoms. The van der Waals surface area contributed by atoms with Gasteiger partial charge in [0.05, 0.1) is 39.6 Å². The van der Waals surface area contributed by atoms with E-state index in [9.17, 15) is 14.7 Å². The molecule has 0 saturated carbocycles. The summed E-state index contributed by atoms with van der Waals surface area (Å²) in [5.74, 6) is 34.2. The Morgan fingerprint density at radius 1 is 0.374 bits per heavy atom. The van der Waals surface area contributed by atoms with Crippen LogP contribution in [0.3, 0.4) is 0 Å². The van der Waals surface area contributed by atoms with E-state index in [4.69, 9.17) is 28.4 Å². The number of ether oxygens (including phenoxy) is 7. The average molecular weight is 1630 g/mol. The smallest absolute Gasteiger partial charge is 0.305 e. The number of esters is 1. The van der Waals surface area contributed by atoms with Crippen molar-refractivity contribution in [2.75, 3.05) is 58.2 Å². The largest absolute Gasteiger partial charge is 0.468 e. The van der Waals surface area contributed by atoms with Gasteiger partial charge in [-0.05, 0) is 115 Å². The first-order valence-corrected chi connectivity index (χ1v) is 44.2. The molecule has 10 nitrogen and oxygen atoms in total. The minimum Gasteiger partial charge on any atom is -0.468 e. The minimum atomic E-state index is -0.884. The molecule has 0 amide bonds. The lowest BCUT2D eigenvalue weighted by molar-refractivity contribution is -0.143. The van der Waals surface area contributed by atoms with Gasteiger partial charge in [-0.25, -0.2) is 0 Å². The Morgan fingerprint density at radius 2 is 0.670 bits per heavy atom. The average Bonchev–Trinajstić information content (AvgIpc) is 0.762. The van der Waals surface area contributed by atoms with Gasteiger partial charge in [-0.1, -0.05) is 404 Å². The fourth-order valence-electron chi connectivity index (χ4n) is 13.1. The lowest BCUT2D eigenvalue weighted by Crippen LogP contribution is -2.37. The highest BCUT2D eigenvalue weighted by molar-refractivity contribution is 9.09. The van der Waals surface area contributed by atoms with E-state index in [1.165, 1.54) is 180 Å². The van der Waals surface area contributed by atoms with Crippen molar-refractivity contribution in [1.82, 2.24) is 0 Å². The number of benzene rings is 6. The molecule has 626 valence electrons. The molecule has 0 aliphatic heterocycles. The van der Waals surface area contributed by atoms with E-state index in [2.05, 4.69) is 190 Å². The van der Waals surface area contributed by atoms with Gasteiger partial charge >= 0.3 is 5.97 Å². The summed E-state index contributed by atoms with van der Waals surface area (Å²) in [6.45, 7) is 13.7. The van der Waals surface area contributed by atoms with Gasteiger partial charge in [0.15, 0.2) is 6.10 Å². The maximum atomic E-state index is 10.8. The van der Waals surface area contributed by atoms with Gasteiger partial charge in [0.1, 0.15) is 23.4 Å². The number of carbonyl (C=O) groups is 2. The zero-order valence-corrected chi connectivity index (χ0v) is 72.0. The molecule has 2 atom stereocenters. The van der Waals surface area contributed by atoms with E-state index in [0.29, 0.717) is 45.9 Å². The molecule has 0 saturated heterocycles. The molecule has 0 aromatic heterocycles. The molecule has 0 radical (unpaired) electrons. The number of unbranched alkanes of at least 4 members (excludes halogenated alkanes) is 30. The SMILES string of the molecule is CC#CC#CC#CC#CC#CC#CC#COC(COCCCCCCCCCCCCCCCC)COC(c1ccccc1)(c1ccccc1)c1ccccc1.CCCCCCCCCCCCCCCCCOCC(O)COC(c1ccccc1)(c1ccccc1)c1ccccc1.CCOC(=O)CCCCCCBr.CCOC=O.[HH].[HH].[HH].[HH]. The van der Waals surface area contributed by atoms with Gasteiger partial charge < -0.3 is 38.3 Å². The predicted molar refractivity (Wildman–Crippen MR) is 488 cm³/mol. The Bertz CT molecular complexity index is 3640. The second kappa shape index (κ2) is 72.9. The summed E-state index contributed by atoms with van der Waals surface area (Å²) in [6.07, 6.45) is 45.4. The van der Waals surface area contributed by atoms with Crippen molar-refractivity contribution in [3.8, 4) is 83.1 Å². The van der Waals surface area contributed by atoms with E-state index >= 15 is 0 Å². The number of halogens is 1.